The van der Waals surface area contributed by atoms with Crippen LogP contribution in [0.3, 0.4) is 0 Å². The number of hydrogen-bond donors (Lipinski definition) is 2. The van der Waals surface area contributed by atoms with E-state index in [1.165, 1.54) is 0 Å². The van der Waals surface area contributed by atoms with Crippen molar-refractivity contribution in [3.8, 4) is 5.75 Å². The number of aliphatic carboxylic acids is 1. The second-order valence-corrected chi connectivity index (χ2v) is 9.96. The van der Waals surface area contributed by atoms with Crippen LogP contribution < -0.4 is 15.0 Å². The highest BCUT2D eigenvalue weighted by Gasteiger charge is 2.21. The van der Waals surface area contributed by atoms with Crippen LogP contribution in [-0.4, -0.2) is 42.0 Å². The van der Waals surface area contributed by atoms with Crippen molar-refractivity contribution < 1.29 is 24.2 Å². The van der Waals surface area contributed by atoms with Gasteiger partial charge in [0.2, 0.25) is 5.91 Å². The van der Waals surface area contributed by atoms with Gasteiger partial charge in [-0.15, -0.1) is 0 Å². The number of carboxylic acids is 1. The van der Waals surface area contributed by atoms with Crippen LogP contribution in [0, 0.1) is 0 Å². The van der Waals surface area contributed by atoms with E-state index in [0.717, 1.165) is 24.1 Å². The standard InChI is InChI=1S/C35H36N2O5/c1-2-3-18-33(38)37(28-14-8-5-9-15-28)23-24-42-29-21-19-26(20-22-29)25-32(35(40)41)36-31-17-11-10-16-30(31)34(39)27-12-6-4-7-13-27/h4-17,19-22,32,36H,2-3,18,23-25H2,1H3,(H,40,41)/t32-/m0/s1. The van der Waals surface area contributed by atoms with Crippen molar-refractivity contribution in [1.29, 1.82) is 0 Å². The van der Waals surface area contributed by atoms with Crippen LogP contribution in [0.25, 0.3) is 0 Å². The van der Waals surface area contributed by atoms with Crippen LogP contribution >= 0.6 is 0 Å². The van der Waals surface area contributed by atoms with Crippen molar-refractivity contribution in [2.75, 3.05) is 23.4 Å². The first-order valence-electron chi connectivity index (χ1n) is 14.2. The summed E-state index contributed by atoms with van der Waals surface area (Å²) < 4.78 is 5.94. The molecule has 0 aliphatic rings. The summed E-state index contributed by atoms with van der Waals surface area (Å²) in [5.74, 6) is -0.499. The van der Waals surface area contributed by atoms with Gasteiger partial charge >= 0.3 is 5.97 Å². The van der Waals surface area contributed by atoms with E-state index in [4.69, 9.17) is 4.74 Å². The normalized spacial score (nSPS) is 11.4. The molecule has 42 heavy (non-hydrogen) atoms. The molecule has 0 fully saturated rings. The first-order valence-corrected chi connectivity index (χ1v) is 14.2. The Morgan fingerprint density at radius 2 is 1.48 bits per heavy atom. The lowest BCUT2D eigenvalue weighted by molar-refractivity contribution is -0.137. The largest absolute Gasteiger partial charge is 0.492 e. The third kappa shape index (κ3) is 8.30. The first-order chi connectivity index (χ1) is 20.5. The van der Waals surface area contributed by atoms with E-state index in [0.29, 0.717) is 42.1 Å². The number of hydrogen-bond acceptors (Lipinski definition) is 5. The van der Waals surface area contributed by atoms with Crippen molar-refractivity contribution in [2.45, 2.75) is 38.6 Å². The molecule has 4 aromatic rings. The van der Waals surface area contributed by atoms with Gasteiger partial charge in [-0.05, 0) is 48.4 Å². The van der Waals surface area contributed by atoms with Gasteiger partial charge in [-0.25, -0.2) is 4.79 Å². The molecule has 0 radical (unpaired) electrons. The summed E-state index contributed by atoms with van der Waals surface area (Å²) in [6.45, 7) is 2.80. The molecule has 0 aromatic heterocycles. The molecule has 1 amide bonds. The summed E-state index contributed by atoms with van der Waals surface area (Å²) >= 11 is 0. The Hall–Kier alpha value is -4.91. The smallest absolute Gasteiger partial charge is 0.326 e. The second-order valence-electron chi connectivity index (χ2n) is 9.96. The molecule has 216 valence electrons. The van der Waals surface area contributed by atoms with Crippen LogP contribution in [0.1, 0.15) is 47.7 Å². The molecular formula is C35H36N2O5. The fourth-order valence-corrected chi connectivity index (χ4v) is 4.62. The average Bonchev–Trinajstić information content (AvgIpc) is 3.03. The molecule has 0 saturated heterocycles. The van der Waals surface area contributed by atoms with Gasteiger partial charge in [-0.2, -0.15) is 0 Å². The van der Waals surface area contributed by atoms with E-state index >= 15 is 0 Å². The zero-order chi connectivity index (χ0) is 29.7. The van der Waals surface area contributed by atoms with Gasteiger partial charge in [0.05, 0.1) is 6.54 Å². The zero-order valence-corrected chi connectivity index (χ0v) is 23.7. The Bertz CT molecular complexity index is 1460. The van der Waals surface area contributed by atoms with E-state index in [9.17, 15) is 19.5 Å². The number of anilines is 2. The van der Waals surface area contributed by atoms with Gasteiger partial charge in [0.1, 0.15) is 18.4 Å². The number of ketones is 1. The van der Waals surface area contributed by atoms with Gasteiger partial charge in [0, 0.05) is 35.3 Å². The van der Waals surface area contributed by atoms with E-state index in [1.54, 1.807) is 65.6 Å². The third-order valence-electron chi connectivity index (χ3n) is 6.90. The van der Waals surface area contributed by atoms with Crippen molar-refractivity contribution in [2.24, 2.45) is 0 Å². The minimum atomic E-state index is -1.02. The van der Waals surface area contributed by atoms with Crippen LogP contribution in [0.4, 0.5) is 11.4 Å². The average molecular weight is 565 g/mol. The quantitative estimate of drug-likeness (QED) is 0.157. The summed E-state index contributed by atoms with van der Waals surface area (Å²) in [4.78, 5) is 39.8. The molecule has 7 heteroatoms. The second kappa shape index (κ2) is 15.2. The van der Waals surface area contributed by atoms with Crippen molar-refractivity contribution in [3.05, 3.63) is 126 Å². The van der Waals surface area contributed by atoms with Gasteiger partial charge < -0.3 is 20.1 Å². The Kier molecular flexibility index (Phi) is 10.9. The van der Waals surface area contributed by atoms with Crippen molar-refractivity contribution in [1.82, 2.24) is 0 Å². The number of benzene rings is 4. The molecule has 7 nitrogen and oxygen atoms in total. The van der Waals surface area contributed by atoms with Crippen molar-refractivity contribution >= 4 is 29.0 Å². The van der Waals surface area contributed by atoms with Crippen LogP contribution in [-0.2, 0) is 16.0 Å². The maximum atomic E-state index is 13.1. The zero-order valence-electron chi connectivity index (χ0n) is 23.7. The fourth-order valence-electron chi connectivity index (χ4n) is 4.62. The SMILES string of the molecule is CCCCC(=O)N(CCOc1ccc(C[C@H](Nc2ccccc2C(=O)c2ccccc2)C(=O)O)cc1)c1ccccc1. The number of rotatable bonds is 15. The Balaban J connectivity index is 1.38. The Morgan fingerprint density at radius 3 is 2.14 bits per heavy atom. The maximum Gasteiger partial charge on any atom is 0.326 e. The fraction of sp³-hybridized carbons (Fsp3) is 0.229. The molecule has 0 bridgehead atoms. The molecule has 0 saturated carbocycles. The van der Waals surface area contributed by atoms with Crippen LogP contribution in [0.2, 0.25) is 0 Å². The molecule has 0 heterocycles. The van der Waals surface area contributed by atoms with Gasteiger partial charge in [0.25, 0.3) is 0 Å². The molecule has 1 atom stereocenters. The molecule has 0 spiro atoms. The highest BCUT2D eigenvalue weighted by atomic mass is 16.5. The Morgan fingerprint density at radius 1 is 0.833 bits per heavy atom. The molecule has 0 unspecified atom stereocenters. The number of nitrogens with zero attached hydrogens (tertiary/aromatic N) is 1. The van der Waals surface area contributed by atoms with E-state index in [1.807, 2.05) is 48.5 Å². The minimum Gasteiger partial charge on any atom is -0.492 e. The first kappa shape index (κ1) is 30.1. The topological polar surface area (TPSA) is 95.9 Å². The number of para-hydroxylation sites is 2. The van der Waals surface area contributed by atoms with Crippen LogP contribution in [0.15, 0.2) is 109 Å². The van der Waals surface area contributed by atoms with Gasteiger partial charge in [-0.3, -0.25) is 9.59 Å². The summed E-state index contributed by atoms with van der Waals surface area (Å²) in [5.41, 5.74) is 3.06. The molecule has 0 aliphatic carbocycles. The molecule has 0 aliphatic heterocycles. The highest BCUT2D eigenvalue weighted by molar-refractivity contribution is 6.12. The minimum absolute atomic E-state index is 0.0706. The summed E-state index contributed by atoms with van der Waals surface area (Å²) in [5, 5.41) is 13.0. The lowest BCUT2D eigenvalue weighted by Gasteiger charge is -2.23. The van der Waals surface area contributed by atoms with Crippen molar-refractivity contribution in [3.63, 3.8) is 0 Å². The maximum absolute atomic E-state index is 13.1. The lowest BCUT2D eigenvalue weighted by atomic mass is 10.00. The number of carbonyl (C=O) groups is 3. The Labute approximate surface area is 246 Å². The van der Waals surface area contributed by atoms with E-state index < -0.39 is 12.0 Å². The number of carbonyl (C=O) groups excluding carboxylic acids is 2. The monoisotopic (exact) mass is 564 g/mol. The molecule has 4 rings (SSSR count). The van der Waals surface area contributed by atoms with Crippen LogP contribution in [0.5, 0.6) is 5.75 Å². The number of unbranched alkanes of at least 4 members (excludes halogenated alkanes) is 1. The number of ether oxygens (including phenoxy) is 1. The van der Waals surface area contributed by atoms with E-state index in [2.05, 4.69) is 12.2 Å². The number of nitrogens with one attached hydrogen (secondary N) is 1. The number of carboxylic acid groups (broad SMARTS) is 1. The predicted molar refractivity (Wildman–Crippen MR) is 165 cm³/mol. The van der Waals surface area contributed by atoms with Gasteiger partial charge in [0.15, 0.2) is 5.78 Å². The molecule has 2 N–H and O–H groups in total. The highest BCUT2D eigenvalue weighted by Crippen LogP contribution is 2.22. The van der Waals surface area contributed by atoms with E-state index in [-0.39, 0.29) is 18.1 Å². The summed E-state index contributed by atoms with van der Waals surface area (Å²) in [6.07, 6.45) is 2.49. The summed E-state index contributed by atoms with van der Waals surface area (Å²) in [7, 11) is 0. The van der Waals surface area contributed by atoms with Gasteiger partial charge in [-0.1, -0.05) is 86.1 Å². The summed E-state index contributed by atoms with van der Waals surface area (Å²) in [6, 6.07) is 31.7. The predicted octanol–water partition coefficient (Wildman–Crippen LogP) is 6.63. The number of amides is 1. The third-order valence-corrected chi connectivity index (χ3v) is 6.90. The molecular weight excluding hydrogens is 528 g/mol. The lowest BCUT2D eigenvalue weighted by Crippen LogP contribution is -2.34. The molecule has 4 aromatic carbocycles.